The molecule has 0 saturated heterocycles. The van der Waals surface area contributed by atoms with Gasteiger partial charge < -0.3 is 5.73 Å². The molecule has 1 aromatic carbocycles. The molecule has 0 aliphatic heterocycles. The van der Waals surface area contributed by atoms with Crippen molar-refractivity contribution in [2.45, 2.75) is 43.1 Å². The Kier molecular flexibility index (Phi) is 4.92. The third-order valence-corrected chi connectivity index (χ3v) is 8.12. The van der Waals surface area contributed by atoms with E-state index in [0.29, 0.717) is 40.3 Å². The summed E-state index contributed by atoms with van der Waals surface area (Å²) in [4.78, 5) is 24.8. The highest BCUT2D eigenvalue weighted by Gasteiger charge is 2.21. The molecule has 0 unspecified atom stereocenters. The highest BCUT2D eigenvalue weighted by Crippen LogP contribution is 2.38. The lowest BCUT2D eigenvalue weighted by molar-refractivity contribution is 0.700. The lowest BCUT2D eigenvalue weighted by Crippen LogP contribution is -2.22. The van der Waals surface area contributed by atoms with Gasteiger partial charge in [-0.15, -0.1) is 28.1 Å². The molecule has 0 radical (unpaired) electrons. The Morgan fingerprint density at radius 1 is 1.18 bits per heavy atom. The van der Waals surface area contributed by atoms with E-state index < -0.39 is 0 Å². The summed E-state index contributed by atoms with van der Waals surface area (Å²) in [5.41, 5.74) is 8.38. The van der Waals surface area contributed by atoms with Crippen LogP contribution in [-0.2, 0) is 25.1 Å². The van der Waals surface area contributed by atoms with Gasteiger partial charge in [0.2, 0.25) is 5.78 Å². The topological polar surface area (TPSA) is 104 Å². The number of allylic oxidation sites excluding steroid dienone is 1. The van der Waals surface area contributed by atoms with Crippen LogP contribution in [0.3, 0.4) is 0 Å². The van der Waals surface area contributed by atoms with Crippen molar-refractivity contribution >= 4 is 55.8 Å². The number of para-hydroxylation sites is 1. The Morgan fingerprint density at radius 3 is 2.91 bits per heavy atom. The van der Waals surface area contributed by atoms with E-state index in [2.05, 4.69) is 21.8 Å². The van der Waals surface area contributed by atoms with E-state index in [1.165, 1.54) is 35.0 Å². The van der Waals surface area contributed by atoms with E-state index >= 15 is 0 Å². The average Bonchev–Trinajstić information content (AvgIpc) is 3.42. The number of thioether (sulfide) groups is 1. The Hall–Kier alpha value is -3.24. The second-order valence-electron chi connectivity index (χ2n) is 8.04. The summed E-state index contributed by atoms with van der Waals surface area (Å²) >= 11 is 3.23. The fraction of sp³-hybridized carbons (Fsp3) is 0.261. The molecule has 0 saturated carbocycles. The van der Waals surface area contributed by atoms with Crippen molar-refractivity contribution < 1.29 is 0 Å². The van der Waals surface area contributed by atoms with Crippen molar-refractivity contribution in [2.24, 2.45) is 0 Å². The first-order chi connectivity index (χ1) is 16.2. The number of benzene rings is 1. The number of aromatic nitrogens is 6. The maximum atomic E-state index is 13.0. The molecule has 4 aromatic heterocycles. The number of nitrogens with two attached hydrogens (primary N) is 1. The Bertz CT molecular complexity index is 1610. The zero-order valence-electron chi connectivity index (χ0n) is 17.8. The highest BCUT2D eigenvalue weighted by atomic mass is 32.2. The molecule has 1 aliphatic rings. The van der Waals surface area contributed by atoms with Gasteiger partial charge in [0.25, 0.3) is 5.56 Å². The standard InChI is InChI=1S/C23H21N7OS2/c1-2-11-29-21(31)13-7-3-5-9-15(13)30-22(29)27-28-23(30)32-12-17-25-19(24)18-14-8-4-6-10-16(14)33-20(18)26-17/h2-3,5,7,9H,1,4,6,8,10-12H2,(H2,24,25,26). The predicted octanol–water partition coefficient (Wildman–Crippen LogP) is 3.99. The number of rotatable bonds is 5. The van der Waals surface area contributed by atoms with Crippen LogP contribution in [0.4, 0.5) is 5.82 Å². The van der Waals surface area contributed by atoms with Crippen molar-refractivity contribution in [1.29, 1.82) is 0 Å². The van der Waals surface area contributed by atoms with Crippen LogP contribution in [0.1, 0.15) is 29.1 Å². The lowest BCUT2D eigenvalue weighted by atomic mass is 9.97. The summed E-state index contributed by atoms with van der Waals surface area (Å²) in [7, 11) is 0. The number of aryl methyl sites for hydroxylation is 2. The molecule has 0 bridgehead atoms. The van der Waals surface area contributed by atoms with Crippen LogP contribution in [0, 0.1) is 0 Å². The predicted molar refractivity (Wildman–Crippen MR) is 133 cm³/mol. The first-order valence-corrected chi connectivity index (χ1v) is 12.6. The van der Waals surface area contributed by atoms with Gasteiger partial charge in [0.05, 0.1) is 22.0 Å². The van der Waals surface area contributed by atoms with Crippen molar-refractivity contribution in [3.63, 3.8) is 0 Å². The van der Waals surface area contributed by atoms with Crippen molar-refractivity contribution in [2.75, 3.05) is 5.73 Å². The van der Waals surface area contributed by atoms with Crippen LogP contribution in [-0.4, -0.2) is 29.1 Å². The molecule has 8 nitrogen and oxygen atoms in total. The van der Waals surface area contributed by atoms with Gasteiger partial charge in [0, 0.05) is 11.4 Å². The number of anilines is 1. The molecule has 0 fully saturated rings. The second-order valence-corrected chi connectivity index (χ2v) is 10.1. The summed E-state index contributed by atoms with van der Waals surface area (Å²) in [6.45, 7) is 4.13. The molecule has 166 valence electrons. The van der Waals surface area contributed by atoms with Crippen LogP contribution in [0.2, 0.25) is 0 Å². The first kappa shape index (κ1) is 20.4. The molecule has 5 aromatic rings. The van der Waals surface area contributed by atoms with Crippen LogP contribution in [0.25, 0.3) is 26.9 Å². The third kappa shape index (κ3) is 3.24. The minimum atomic E-state index is -0.106. The highest BCUT2D eigenvalue weighted by molar-refractivity contribution is 7.98. The summed E-state index contributed by atoms with van der Waals surface area (Å²) in [5.74, 6) is 2.22. The van der Waals surface area contributed by atoms with Gasteiger partial charge in [-0.1, -0.05) is 30.0 Å². The van der Waals surface area contributed by atoms with Crippen molar-refractivity contribution in [3.8, 4) is 0 Å². The number of nitrogen functional groups attached to an aromatic ring is 1. The van der Waals surface area contributed by atoms with Crippen molar-refractivity contribution in [3.05, 3.63) is 63.5 Å². The minimum absolute atomic E-state index is 0.106. The zero-order chi connectivity index (χ0) is 22.5. The fourth-order valence-electron chi connectivity index (χ4n) is 4.55. The maximum Gasteiger partial charge on any atom is 0.263 e. The summed E-state index contributed by atoms with van der Waals surface area (Å²) < 4.78 is 3.50. The average molecular weight is 476 g/mol. The lowest BCUT2D eigenvalue weighted by Gasteiger charge is -2.11. The number of hydrogen-bond acceptors (Lipinski definition) is 8. The van der Waals surface area contributed by atoms with Gasteiger partial charge in [0.1, 0.15) is 16.5 Å². The molecule has 6 rings (SSSR count). The molecule has 0 amide bonds. The van der Waals surface area contributed by atoms with Crippen LogP contribution < -0.4 is 11.3 Å². The third-order valence-electron chi connectivity index (χ3n) is 6.01. The molecule has 10 heteroatoms. The van der Waals surface area contributed by atoms with Gasteiger partial charge >= 0.3 is 0 Å². The maximum absolute atomic E-state index is 13.0. The second kappa shape index (κ2) is 7.96. The van der Waals surface area contributed by atoms with E-state index in [0.717, 1.165) is 28.6 Å². The molecule has 2 N–H and O–H groups in total. The van der Waals surface area contributed by atoms with Crippen molar-refractivity contribution in [1.82, 2.24) is 29.1 Å². The largest absolute Gasteiger partial charge is 0.383 e. The van der Waals surface area contributed by atoms with E-state index in [-0.39, 0.29) is 5.56 Å². The first-order valence-electron chi connectivity index (χ1n) is 10.8. The Balaban J connectivity index is 1.41. The Morgan fingerprint density at radius 2 is 2.03 bits per heavy atom. The number of hydrogen-bond donors (Lipinski definition) is 1. The van der Waals surface area contributed by atoms with Crippen LogP contribution in [0.5, 0.6) is 0 Å². The zero-order valence-corrected chi connectivity index (χ0v) is 19.5. The van der Waals surface area contributed by atoms with E-state index in [1.54, 1.807) is 22.0 Å². The minimum Gasteiger partial charge on any atom is -0.383 e. The smallest absolute Gasteiger partial charge is 0.263 e. The molecule has 0 atom stereocenters. The number of fused-ring (bicyclic) bond motifs is 6. The Labute approximate surface area is 197 Å². The molecule has 1 aliphatic carbocycles. The van der Waals surface area contributed by atoms with Gasteiger partial charge in [-0.25, -0.2) is 9.97 Å². The quantitative estimate of drug-likeness (QED) is 0.303. The van der Waals surface area contributed by atoms with E-state index in [1.807, 2.05) is 28.7 Å². The summed E-state index contributed by atoms with van der Waals surface area (Å²) in [5, 5.41) is 11.0. The summed E-state index contributed by atoms with van der Waals surface area (Å²) in [6, 6.07) is 7.49. The SMILES string of the molecule is C=CCn1c(=O)c2ccccc2n2c(SCc3nc(N)c4c5c(sc4n3)CCCC5)nnc12. The van der Waals surface area contributed by atoms with Gasteiger partial charge in [0.15, 0.2) is 5.16 Å². The summed E-state index contributed by atoms with van der Waals surface area (Å²) in [6.07, 6.45) is 6.26. The monoisotopic (exact) mass is 475 g/mol. The number of thiophene rings is 1. The van der Waals surface area contributed by atoms with E-state index in [4.69, 9.17) is 10.7 Å². The molecule has 33 heavy (non-hydrogen) atoms. The van der Waals surface area contributed by atoms with Crippen LogP contribution in [0.15, 0.2) is 46.9 Å². The molecule has 4 heterocycles. The normalized spacial score (nSPS) is 13.7. The molecular weight excluding hydrogens is 454 g/mol. The van der Waals surface area contributed by atoms with Gasteiger partial charge in [-0.05, 0) is 43.4 Å². The van der Waals surface area contributed by atoms with Crippen LogP contribution >= 0.6 is 23.1 Å². The van der Waals surface area contributed by atoms with Gasteiger partial charge in [-0.3, -0.25) is 13.8 Å². The molecular formula is C23H21N7OS2. The number of nitrogens with zero attached hydrogens (tertiary/aromatic N) is 6. The fourth-order valence-corrected chi connectivity index (χ4v) is 6.63. The van der Waals surface area contributed by atoms with Gasteiger partial charge in [-0.2, -0.15) is 0 Å². The van der Waals surface area contributed by atoms with E-state index in [9.17, 15) is 4.79 Å². The molecule has 0 spiro atoms.